The van der Waals surface area contributed by atoms with E-state index in [0.29, 0.717) is 6.42 Å². The standard InChI is InChI=1S/C20H24N2O/c1-3-4-11-22(2)14-16-7-5-6-8-18(16)15-9-10-19-17(12-15)13-20(23)21-19/h5-10,12H,3-4,11,13-14H2,1-2H3,(H,21,23). The average Bonchev–Trinajstić information content (AvgIpc) is 2.92. The van der Waals surface area contributed by atoms with E-state index in [-0.39, 0.29) is 5.91 Å². The van der Waals surface area contributed by atoms with Crippen molar-refractivity contribution < 1.29 is 4.79 Å². The number of hydrogen-bond donors (Lipinski definition) is 1. The van der Waals surface area contributed by atoms with Crippen LogP contribution >= 0.6 is 0 Å². The number of nitrogens with one attached hydrogen (secondary N) is 1. The van der Waals surface area contributed by atoms with Crippen LogP contribution in [0.25, 0.3) is 11.1 Å². The molecule has 0 aromatic heterocycles. The van der Waals surface area contributed by atoms with Crippen LogP contribution in [0.15, 0.2) is 42.5 Å². The van der Waals surface area contributed by atoms with E-state index < -0.39 is 0 Å². The number of carbonyl (C=O) groups excluding carboxylic acids is 1. The fourth-order valence-corrected chi connectivity index (χ4v) is 3.13. The Morgan fingerprint density at radius 3 is 2.83 bits per heavy atom. The Balaban J connectivity index is 1.86. The molecule has 23 heavy (non-hydrogen) atoms. The van der Waals surface area contributed by atoms with Crippen molar-refractivity contribution in [1.82, 2.24) is 4.90 Å². The number of unbranched alkanes of at least 4 members (excludes halogenated alkanes) is 1. The Morgan fingerprint density at radius 1 is 1.17 bits per heavy atom. The first-order chi connectivity index (χ1) is 11.2. The van der Waals surface area contributed by atoms with Crippen molar-refractivity contribution in [3.8, 4) is 11.1 Å². The average molecular weight is 308 g/mol. The third-order valence-electron chi connectivity index (χ3n) is 4.39. The zero-order chi connectivity index (χ0) is 16.2. The molecule has 3 nitrogen and oxygen atoms in total. The summed E-state index contributed by atoms with van der Waals surface area (Å²) < 4.78 is 0. The highest BCUT2D eigenvalue weighted by molar-refractivity contribution is 5.99. The number of nitrogens with zero attached hydrogens (tertiary/aromatic N) is 1. The zero-order valence-corrected chi connectivity index (χ0v) is 13.9. The van der Waals surface area contributed by atoms with Gasteiger partial charge in [0.25, 0.3) is 0 Å². The van der Waals surface area contributed by atoms with Gasteiger partial charge in [-0.15, -0.1) is 0 Å². The van der Waals surface area contributed by atoms with E-state index in [2.05, 4.69) is 60.6 Å². The maximum Gasteiger partial charge on any atom is 0.228 e. The van der Waals surface area contributed by atoms with Crippen LogP contribution in [0.1, 0.15) is 30.9 Å². The Kier molecular flexibility index (Phi) is 4.77. The Hall–Kier alpha value is -2.13. The highest BCUT2D eigenvalue weighted by Gasteiger charge is 2.18. The van der Waals surface area contributed by atoms with Crippen LogP contribution in [-0.2, 0) is 17.8 Å². The molecule has 0 fully saturated rings. The summed E-state index contributed by atoms with van der Waals surface area (Å²) >= 11 is 0. The third kappa shape index (κ3) is 3.62. The number of rotatable bonds is 6. The molecule has 1 aliphatic heterocycles. The number of hydrogen-bond acceptors (Lipinski definition) is 2. The van der Waals surface area contributed by atoms with Crippen molar-refractivity contribution in [3.05, 3.63) is 53.6 Å². The fraction of sp³-hybridized carbons (Fsp3) is 0.350. The summed E-state index contributed by atoms with van der Waals surface area (Å²) in [7, 11) is 2.18. The van der Waals surface area contributed by atoms with Gasteiger partial charge in [0.15, 0.2) is 0 Å². The molecule has 1 N–H and O–H groups in total. The van der Waals surface area contributed by atoms with Gasteiger partial charge in [0.2, 0.25) is 5.91 Å². The Bertz CT molecular complexity index is 709. The van der Waals surface area contributed by atoms with Crippen molar-refractivity contribution in [2.75, 3.05) is 18.9 Å². The number of benzene rings is 2. The summed E-state index contributed by atoms with van der Waals surface area (Å²) in [4.78, 5) is 13.9. The van der Waals surface area contributed by atoms with E-state index in [1.54, 1.807) is 0 Å². The molecule has 0 saturated heterocycles. The summed E-state index contributed by atoms with van der Waals surface area (Å²) in [6.45, 7) is 4.29. The minimum absolute atomic E-state index is 0.0877. The van der Waals surface area contributed by atoms with Crippen LogP contribution in [0.3, 0.4) is 0 Å². The summed E-state index contributed by atoms with van der Waals surface area (Å²) in [5.74, 6) is 0.0877. The van der Waals surface area contributed by atoms with E-state index in [0.717, 1.165) is 24.3 Å². The molecular formula is C20H24N2O. The van der Waals surface area contributed by atoms with Gasteiger partial charge >= 0.3 is 0 Å². The monoisotopic (exact) mass is 308 g/mol. The fourth-order valence-electron chi connectivity index (χ4n) is 3.13. The predicted octanol–water partition coefficient (Wildman–Crippen LogP) is 4.08. The van der Waals surface area contributed by atoms with E-state index in [1.807, 2.05) is 6.07 Å². The summed E-state index contributed by atoms with van der Waals surface area (Å²) in [5.41, 5.74) is 5.85. The lowest BCUT2D eigenvalue weighted by Crippen LogP contribution is -2.19. The van der Waals surface area contributed by atoms with E-state index >= 15 is 0 Å². The number of carbonyl (C=O) groups is 1. The van der Waals surface area contributed by atoms with Gasteiger partial charge in [-0.3, -0.25) is 4.79 Å². The second kappa shape index (κ2) is 6.97. The summed E-state index contributed by atoms with van der Waals surface area (Å²) in [6, 6.07) is 14.8. The van der Waals surface area contributed by atoms with Crippen LogP contribution in [0.5, 0.6) is 0 Å². The number of amides is 1. The van der Waals surface area contributed by atoms with Gasteiger partial charge in [-0.2, -0.15) is 0 Å². The first-order valence-electron chi connectivity index (χ1n) is 8.37. The smallest absolute Gasteiger partial charge is 0.228 e. The molecule has 3 heteroatoms. The lowest BCUT2D eigenvalue weighted by atomic mass is 9.97. The van der Waals surface area contributed by atoms with Crippen LogP contribution < -0.4 is 5.32 Å². The van der Waals surface area contributed by atoms with Crippen LogP contribution in [0, 0.1) is 0 Å². The molecular weight excluding hydrogens is 284 g/mol. The maximum atomic E-state index is 11.5. The molecule has 0 atom stereocenters. The molecule has 0 aliphatic carbocycles. The van der Waals surface area contributed by atoms with Gasteiger partial charge in [-0.25, -0.2) is 0 Å². The molecule has 120 valence electrons. The van der Waals surface area contributed by atoms with Crippen LogP contribution in [-0.4, -0.2) is 24.4 Å². The lowest BCUT2D eigenvalue weighted by Gasteiger charge is -2.19. The topological polar surface area (TPSA) is 32.3 Å². The van der Waals surface area contributed by atoms with E-state index in [4.69, 9.17) is 0 Å². The zero-order valence-electron chi connectivity index (χ0n) is 13.9. The highest BCUT2D eigenvalue weighted by atomic mass is 16.1. The molecule has 0 unspecified atom stereocenters. The molecule has 0 bridgehead atoms. The van der Waals surface area contributed by atoms with Crippen molar-refractivity contribution in [2.45, 2.75) is 32.7 Å². The van der Waals surface area contributed by atoms with E-state index in [1.165, 1.54) is 29.5 Å². The second-order valence-corrected chi connectivity index (χ2v) is 6.35. The Labute approximate surface area is 138 Å². The molecule has 2 aromatic carbocycles. The van der Waals surface area contributed by atoms with Gasteiger partial charge in [0.1, 0.15) is 0 Å². The lowest BCUT2D eigenvalue weighted by molar-refractivity contribution is -0.115. The van der Waals surface area contributed by atoms with Crippen molar-refractivity contribution in [3.63, 3.8) is 0 Å². The van der Waals surface area contributed by atoms with Gasteiger partial charge in [0.05, 0.1) is 6.42 Å². The quantitative estimate of drug-likeness (QED) is 0.872. The van der Waals surface area contributed by atoms with Crippen LogP contribution in [0.2, 0.25) is 0 Å². The molecule has 3 rings (SSSR count). The third-order valence-corrected chi connectivity index (χ3v) is 4.39. The largest absolute Gasteiger partial charge is 0.326 e. The predicted molar refractivity (Wildman–Crippen MR) is 95.5 cm³/mol. The SMILES string of the molecule is CCCCN(C)Cc1ccccc1-c1ccc2c(c1)CC(=O)N2. The second-order valence-electron chi connectivity index (χ2n) is 6.35. The number of anilines is 1. The molecule has 1 aliphatic rings. The van der Waals surface area contributed by atoms with Crippen molar-refractivity contribution in [2.24, 2.45) is 0 Å². The summed E-state index contributed by atoms with van der Waals surface area (Å²) in [6.07, 6.45) is 2.94. The van der Waals surface area contributed by atoms with Crippen molar-refractivity contribution >= 4 is 11.6 Å². The van der Waals surface area contributed by atoms with Crippen LogP contribution in [0.4, 0.5) is 5.69 Å². The molecule has 1 heterocycles. The highest BCUT2D eigenvalue weighted by Crippen LogP contribution is 2.31. The molecule has 1 amide bonds. The molecule has 0 saturated carbocycles. The van der Waals surface area contributed by atoms with E-state index in [9.17, 15) is 4.79 Å². The Morgan fingerprint density at radius 2 is 2.00 bits per heavy atom. The van der Waals surface area contributed by atoms with Gasteiger partial charge in [0, 0.05) is 12.2 Å². The number of fused-ring (bicyclic) bond motifs is 1. The van der Waals surface area contributed by atoms with Crippen molar-refractivity contribution in [1.29, 1.82) is 0 Å². The summed E-state index contributed by atoms with van der Waals surface area (Å²) in [5, 5.41) is 2.90. The first-order valence-corrected chi connectivity index (χ1v) is 8.37. The first kappa shape index (κ1) is 15.8. The maximum absolute atomic E-state index is 11.5. The minimum atomic E-state index is 0.0877. The minimum Gasteiger partial charge on any atom is -0.326 e. The molecule has 2 aromatic rings. The molecule has 0 spiro atoms. The van der Waals surface area contributed by atoms with Gasteiger partial charge in [-0.1, -0.05) is 43.7 Å². The normalized spacial score (nSPS) is 13.3. The molecule has 0 radical (unpaired) electrons. The van der Waals surface area contributed by atoms with Gasteiger partial charge < -0.3 is 10.2 Å². The van der Waals surface area contributed by atoms with Gasteiger partial charge in [-0.05, 0) is 54.4 Å².